The molecule has 4 aliphatic heterocycles. The van der Waals surface area contributed by atoms with Crippen molar-refractivity contribution in [1.29, 1.82) is 0 Å². The van der Waals surface area contributed by atoms with Crippen LogP contribution in [0.3, 0.4) is 0 Å². The van der Waals surface area contributed by atoms with E-state index in [2.05, 4.69) is 0 Å². The van der Waals surface area contributed by atoms with Crippen LogP contribution in [0.5, 0.6) is 5.75 Å². The quantitative estimate of drug-likeness (QED) is 0.595. The maximum absolute atomic E-state index is 14.5. The number of hydrogen-bond donors (Lipinski definition) is 1. The van der Waals surface area contributed by atoms with Gasteiger partial charge in [-0.25, -0.2) is 0 Å². The first-order valence-electron chi connectivity index (χ1n) is 13.1. The van der Waals surface area contributed by atoms with Crippen LogP contribution in [-0.4, -0.2) is 84.2 Å². The SMILES string of the molecule is COc1ccc(N2CC=C[C@]34O[C@@H]5C=CCN(C)C(=O)[C@@H]5[C@H]3C(=O)N([C@H](CO)c3ccccc3)C4C2=O)cc1. The van der Waals surface area contributed by atoms with E-state index in [4.69, 9.17) is 9.47 Å². The van der Waals surface area contributed by atoms with Crippen LogP contribution in [-0.2, 0) is 19.1 Å². The van der Waals surface area contributed by atoms with Gasteiger partial charge in [0.15, 0.2) is 0 Å². The lowest BCUT2D eigenvalue weighted by Gasteiger charge is -2.38. The van der Waals surface area contributed by atoms with E-state index in [1.165, 1.54) is 4.90 Å². The Balaban J connectivity index is 1.50. The summed E-state index contributed by atoms with van der Waals surface area (Å²) in [5.74, 6) is -1.95. The highest BCUT2D eigenvalue weighted by Gasteiger charge is 2.72. The Hall–Kier alpha value is -3.95. The van der Waals surface area contributed by atoms with Crippen LogP contribution in [0.1, 0.15) is 11.6 Å². The molecule has 2 fully saturated rings. The van der Waals surface area contributed by atoms with Crippen LogP contribution in [0.4, 0.5) is 5.69 Å². The number of methoxy groups -OCH3 is 1. The van der Waals surface area contributed by atoms with Gasteiger partial charge in [-0.2, -0.15) is 0 Å². The Kier molecular flexibility index (Phi) is 6.28. The number of aliphatic hydroxyl groups is 1. The molecule has 1 unspecified atom stereocenters. The van der Waals surface area contributed by atoms with Crippen LogP contribution < -0.4 is 9.64 Å². The lowest BCUT2D eigenvalue weighted by molar-refractivity contribution is -0.146. The van der Waals surface area contributed by atoms with Crippen LogP contribution in [0.15, 0.2) is 78.9 Å². The number of likely N-dealkylation sites (tertiary alicyclic amines) is 1. The zero-order valence-corrected chi connectivity index (χ0v) is 21.8. The second-order valence-electron chi connectivity index (χ2n) is 10.4. The summed E-state index contributed by atoms with van der Waals surface area (Å²) < 4.78 is 11.9. The molecule has 2 saturated heterocycles. The molecule has 202 valence electrons. The number of hydrogen-bond acceptors (Lipinski definition) is 6. The number of ether oxygens (including phenoxy) is 2. The average Bonchev–Trinajstić information content (AvgIpc) is 3.28. The van der Waals surface area contributed by atoms with Crippen molar-refractivity contribution in [2.45, 2.75) is 23.8 Å². The topological polar surface area (TPSA) is 99.6 Å². The molecule has 39 heavy (non-hydrogen) atoms. The van der Waals surface area contributed by atoms with Crippen molar-refractivity contribution in [3.8, 4) is 5.75 Å². The third kappa shape index (κ3) is 3.79. The number of aliphatic hydroxyl groups excluding tert-OH is 1. The first kappa shape index (κ1) is 25.3. The van der Waals surface area contributed by atoms with Gasteiger partial charge in [0, 0.05) is 25.8 Å². The van der Waals surface area contributed by atoms with Crippen LogP contribution >= 0.6 is 0 Å². The lowest BCUT2D eigenvalue weighted by atomic mass is 9.77. The standard InChI is InChI=1S/C30H31N3O6/c1-31-16-6-10-23-24(27(31)35)25-28(36)33(22(18-34)19-8-4-3-5-9-19)26-29(37)32(17-7-15-30(25,26)39-23)20-11-13-21(38-2)14-12-20/h3-15,22-26,34H,16-18H2,1-2H3/t22-,23-,24+,25+,26?,30+/m1/s1. The molecular weight excluding hydrogens is 498 g/mol. The molecule has 9 heteroatoms. The molecular formula is C30H31N3O6. The largest absolute Gasteiger partial charge is 0.497 e. The van der Waals surface area contributed by atoms with Crippen molar-refractivity contribution in [1.82, 2.24) is 9.80 Å². The predicted molar refractivity (Wildman–Crippen MR) is 143 cm³/mol. The zero-order valence-electron chi connectivity index (χ0n) is 21.8. The van der Waals surface area contributed by atoms with Gasteiger partial charge in [0.1, 0.15) is 17.4 Å². The first-order valence-corrected chi connectivity index (χ1v) is 13.1. The summed E-state index contributed by atoms with van der Waals surface area (Å²) in [5.41, 5.74) is -0.0340. The minimum absolute atomic E-state index is 0.196. The van der Waals surface area contributed by atoms with Crippen molar-refractivity contribution >= 4 is 23.4 Å². The van der Waals surface area contributed by atoms with E-state index in [1.807, 2.05) is 48.6 Å². The van der Waals surface area contributed by atoms with Gasteiger partial charge in [-0.1, -0.05) is 54.6 Å². The van der Waals surface area contributed by atoms with Crippen molar-refractivity contribution in [2.24, 2.45) is 11.8 Å². The zero-order chi connectivity index (χ0) is 27.3. The maximum atomic E-state index is 14.5. The number of likely N-dealkylation sites (N-methyl/N-ethyl adjacent to an activating group) is 1. The molecule has 0 bridgehead atoms. The molecule has 6 atom stereocenters. The molecule has 2 aromatic carbocycles. The highest BCUT2D eigenvalue weighted by molar-refractivity contribution is 6.06. The van der Waals surface area contributed by atoms with Crippen LogP contribution in [0.2, 0.25) is 0 Å². The van der Waals surface area contributed by atoms with Gasteiger partial charge < -0.3 is 29.3 Å². The van der Waals surface area contributed by atoms with E-state index in [0.29, 0.717) is 23.5 Å². The van der Waals surface area contributed by atoms with E-state index < -0.39 is 42.2 Å². The third-order valence-electron chi connectivity index (χ3n) is 8.38. The minimum atomic E-state index is -1.37. The fraction of sp³-hybridized carbons (Fsp3) is 0.367. The predicted octanol–water partition coefficient (Wildman–Crippen LogP) is 1.94. The molecule has 6 rings (SSSR count). The third-order valence-corrected chi connectivity index (χ3v) is 8.38. The van der Waals surface area contributed by atoms with Gasteiger partial charge >= 0.3 is 0 Å². The molecule has 1 spiro atoms. The van der Waals surface area contributed by atoms with E-state index in [9.17, 15) is 19.5 Å². The molecule has 1 N–H and O–H groups in total. The van der Waals surface area contributed by atoms with Crippen molar-refractivity contribution < 1.29 is 29.0 Å². The summed E-state index contributed by atoms with van der Waals surface area (Å²) in [7, 11) is 3.28. The Morgan fingerprint density at radius 1 is 1.00 bits per heavy atom. The van der Waals surface area contributed by atoms with Crippen LogP contribution in [0.25, 0.3) is 0 Å². The highest BCUT2D eigenvalue weighted by atomic mass is 16.5. The average molecular weight is 530 g/mol. The molecule has 2 aromatic rings. The molecule has 9 nitrogen and oxygen atoms in total. The minimum Gasteiger partial charge on any atom is -0.497 e. The summed E-state index contributed by atoms with van der Waals surface area (Å²) in [6, 6.07) is 14.4. The summed E-state index contributed by atoms with van der Waals surface area (Å²) in [6.07, 6.45) is 6.70. The van der Waals surface area contributed by atoms with Crippen LogP contribution in [0, 0.1) is 11.8 Å². The Morgan fingerprint density at radius 2 is 1.74 bits per heavy atom. The van der Waals surface area contributed by atoms with Gasteiger partial charge in [0.2, 0.25) is 11.8 Å². The van der Waals surface area contributed by atoms with Gasteiger partial charge in [0.05, 0.1) is 37.7 Å². The Labute approximate surface area is 226 Å². The highest BCUT2D eigenvalue weighted by Crippen LogP contribution is 2.55. The Bertz CT molecular complexity index is 1340. The maximum Gasteiger partial charge on any atom is 0.253 e. The number of benzene rings is 2. The number of amides is 3. The molecule has 4 aliphatic rings. The van der Waals surface area contributed by atoms with E-state index in [1.54, 1.807) is 54.3 Å². The smallest absolute Gasteiger partial charge is 0.253 e. The van der Waals surface area contributed by atoms with E-state index >= 15 is 0 Å². The fourth-order valence-electron chi connectivity index (χ4n) is 6.56. The van der Waals surface area contributed by atoms with Gasteiger partial charge in [-0.3, -0.25) is 14.4 Å². The van der Waals surface area contributed by atoms with Crippen molar-refractivity contribution in [2.75, 3.05) is 38.8 Å². The molecule has 3 amide bonds. The van der Waals surface area contributed by atoms with Gasteiger partial charge in [0.25, 0.3) is 5.91 Å². The van der Waals surface area contributed by atoms with E-state index in [0.717, 1.165) is 0 Å². The Morgan fingerprint density at radius 3 is 2.44 bits per heavy atom. The van der Waals surface area contributed by atoms with Gasteiger partial charge in [-0.15, -0.1) is 0 Å². The molecule has 0 aromatic heterocycles. The second kappa shape index (κ2) is 9.66. The monoisotopic (exact) mass is 529 g/mol. The number of nitrogens with zero attached hydrogens (tertiary/aromatic N) is 3. The summed E-state index contributed by atoms with van der Waals surface area (Å²) in [4.78, 5) is 47.2. The van der Waals surface area contributed by atoms with E-state index in [-0.39, 0.29) is 24.3 Å². The molecule has 0 saturated carbocycles. The number of rotatable bonds is 5. The first-order chi connectivity index (χ1) is 18.9. The molecule has 0 radical (unpaired) electrons. The molecule has 4 heterocycles. The van der Waals surface area contributed by atoms with Gasteiger partial charge in [-0.05, 0) is 29.8 Å². The number of anilines is 1. The number of fused-ring (bicyclic) bond motifs is 2. The van der Waals surface area contributed by atoms with Crippen molar-refractivity contribution in [3.05, 3.63) is 84.5 Å². The number of carbonyl (C=O) groups excluding carboxylic acids is 3. The summed E-state index contributed by atoms with van der Waals surface area (Å²) >= 11 is 0. The molecule has 0 aliphatic carbocycles. The normalized spacial score (nSPS) is 30.5. The summed E-state index contributed by atoms with van der Waals surface area (Å²) in [5, 5.41) is 10.6. The lowest BCUT2D eigenvalue weighted by Crippen LogP contribution is -2.56. The second-order valence-corrected chi connectivity index (χ2v) is 10.4. The summed E-state index contributed by atoms with van der Waals surface area (Å²) in [6.45, 7) is 0.283. The van der Waals surface area contributed by atoms with Crippen molar-refractivity contribution in [3.63, 3.8) is 0 Å². The fourth-order valence-corrected chi connectivity index (χ4v) is 6.56. The number of carbonyl (C=O) groups is 3.